The van der Waals surface area contributed by atoms with Crippen molar-refractivity contribution in [1.29, 1.82) is 0 Å². The third-order valence-corrected chi connectivity index (χ3v) is 7.54. The molecule has 0 fully saturated rings. The van der Waals surface area contributed by atoms with Gasteiger partial charge in [-0.2, -0.15) is 0 Å². The monoisotopic (exact) mass is 413 g/mol. The summed E-state index contributed by atoms with van der Waals surface area (Å²) in [5.74, 6) is -0.639. The molecule has 28 heavy (non-hydrogen) atoms. The highest BCUT2D eigenvalue weighted by Crippen LogP contribution is 2.49. The maximum atomic E-state index is 13.2. The lowest BCUT2D eigenvalue weighted by Crippen LogP contribution is -2.38. The number of hydrogen-bond donors (Lipinski definition) is 1. The predicted octanol–water partition coefficient (Wildman–Crippen LogP) is 5.25. The Morgan fingerprint density at radius 2 is 2.00 bits per heavy atom. The van der Waals surface area contributed by atoms with Gasteiger partial charge in [0.1, 0.15) is 0 Å². The van der Waals surface area contributed by atoms with Crippen LogP contribution in [0.1, 0.15) is 44.4 Å². The fourth-order valence-electron chi connectivity index (χ4n) is 4.16. The van der Waals surface area contributed by atoms with E-state index in [0.29, 0.717) is 12.0 Å². The lowest BCUT2D eigenvalue weighted by Gasteiger charge is -2.39. The molecule has 2 aromatic heterocycles. The molecule has 1 N–H and O–H groups in total. The van der Waals surface area contributed by atoms with E-state index in [1.54, 1.807) is 22.7 Å². The Kier molecular flexibility index (Phi) is 4.79. The van der Waals surface area contributed by atoms with E-state index in [-0.39, 0.29) is 23.1 Å². The van der Waals surface area contributed by atoms with Crippen LogP contribution in [0.4, 0.5) is 0 Å². The zero-order chi connectivity index (χ0) is 20.1. The average molecular weight is 414 g/mol. The minimum Gasteiger partial charge on any atom is -0.466 e. The van der Waals surface area contributed by atoms with E-state index in [9.17, 15) is 9.59 Å². The topological polar surface area (TPSA) is 55.4 Å². The van der Waals surface area contributed by atoms with Crippen LogP contribution in [-0.2, 0) is 14.3 Å². The first-order valence-corrected chi connectivity index (χ1v) is 11.0. The third kappa shape index (κ3) is 3.25. The Labute approximate surface area is 172 Å². The van der Waals surface area contributed by atoms with Crippen LogP contribution >= 0.6 is 22.7 Å². The third-order valence-electron chi connectivity index (χ3n) is 5.32. The van der Waals surface area contributed by atoms with Crippen LogP contribution in [0, 0.1) is 5.41 Å². The normalized spacial score (nSPS) is 21.4. The molecule has 0 aromatic carbocycles. The van der Waals surface area contributed by atoms with E-state index in [1.807, 2.05) is 19.1 Å². The number of nitrogens with one attached hydrogen (secondary N) is 1. The van der Waals surface area contributed by atoms with Crippen molar-refractivity contribution in [2.24, 2.45) is 5.41 Å². The van der Waals surface area contributed by atoms with E-state index < -0.39 is 0 Å². The largest absolute Gasteiger partial charge is 0.466 e. The molecule has 0 bridgehead atoms. The summed E-state index contributed by atoms with van der Waals surface area (Å²) in [5, 5.41) is 5.40. The zero-order valence-electron chi connectivity index (χ0n) is 16.4. The summed E-state index contributed by atoms with van der Waals surface area (Å²) in [7, 11) is 1.39. The molecule has 6 heteroatoms. The first-order valence-electron chi connectivity index (χ1n) is 9.26. The summed E-state index contributed by atoms with van der Waals surface area (Å²) in [6.07, 6.45) is 1.28. The molecule has 1 aliphatic carbocycles. The Balaban J connectivity index is 1.86. The number of dihydropyridines is 1. The summed E-state index contributed by atoms with van der Waals surface area (Å²) in [6.45, 7) is 6.11. The van der Waals surface area contributed by atoms with Crippen molar-refractivity contribution >= 4 is 34.4 Å². The van der Waals surface area contributed by atoms with Gasteiger partial charge >= 0.3 is 5.97 Å². The van der Waals surface area contributed by atoms with Gasteiger partial charge in [0.05, 0.1) is 18.6 Å². The lowest BCUT2D eigenvalue weighted by atomic mass is 9.70. The van der Waals surface area contributed by atoms with E-state index in [0.717, 1.165) is 33.1 Å². The number of carbonyl (C=O) groups excluding carboxylic acids is 2. The second kappa shape index (κ2) is 7.01. The highest BCUT2D eigenvalue weighted by molar-refractivity contribution is 7.21. The van der Waals surface area contributed by atoms with Crippen molar-refractivity contribution in [3.63, 3.8) is 0 Å². The number of ether oxygens (including phenoxy) is 1. The fourth-order valence-corrected chi connectivity index (χ4v) is 6.12. The average Bonchev–Trinajstić information content (AvgIpc) is 3.30. The van der Waals surface area contributed by atoms with Gasteiger partial charge in [0, 0.05) is 38.0 Å². The number of allylic oxidation sites excluding steroid dienone is 3. The van der Waals surface area contributed by atoms with Gasteiger partial charge < -0.3 is 10.1 Å². The maximum Gasteiger partial charge on any atom is 0.336 e. The second-order valence-corrected chi connectivity index (χ2v) is 10.2. The molecule has 0 amide bonds. The number of carbonyl (C=O) groups is 2. The maximum absolute atomic E-state index is 13.2. The van der Waals surface area contributed by atoms with Gasteiger partial charge in [-0.3, -0.25) is 4.79 Å². The van der Waals surface area contributed by atoms with Gasteiger partial charge in [0.15, 0.2) is 5.78 Å². The molecule has 1 aliphatic heterocycles. The summed E-state index contributed by atoms with van der Waals surface area (Å²) >= 11 is 3.33. The summed E-state index contributed by atoms with van der Waals surface area (Å²) < 4.78 is 5.08. The molecule has 4 nitrogen and oxygen atoms in total. The number of thiophene rings is 2. The quantitative estimate of drug-likeness (QED) is 0.698. The number of esters is 1. The number of Topliss-reactive ketones (excluding diaryl/α,β-unsaturated/α-hetero) is 1. The lowest BCUT2D eigenvalue weighted by molar-refractivity contribution is -0.136. The summed E-state index contributed by atoms with van der Waals surface area (Å²) in [5.41, 5.74) is 2.89. The van der Waals surface area contributed by atoms with E-state index in [2.05, 4.69) is 36.7 Å². The Morgan fingerprint density at radius 3 is 2.68 bits per heavy atom. The van der Waals surface area contributed by atoms with Crippen LogP contribution in [0.15, 0.2) is 52.2 Å². The van der Waals surface area contributed by atoms with E-state index in [1.165, 1.54) is 12.0 Å². The van der Waals surface area contributed by atoms with Gasteiger partial charge in [0.25, 0.3) is 0 Å². The summed E-state index contributed by atoms with van der Waals surface area (Å²) in [4.78, 5) is 29.2. The van der Waals surface area contributed by atoms with Gasteiger partial charge in [-0.15, -0.1) is 22.7 Å². The van der Waals surface area contributed by atoms with Crippen molar-refractivity contribution in [3.05, 3.63) is 57.1 Å². The molecule has 4 rings (SSSR count). The molecule has 1 unspecified atom stereocenters. The molecule has 2 aromatic rings. The highest BCUT2D eigenvalue weighted by atomic mass is 32.1. The number of methoxy groups -OCH3 is 1. The van der Waals surface area contributed by atoms with Crippen molar-refractivity contribution < 1.29 is 14.3 Å². The number of rotatable bonds is 3. The van der Waals surface area contributed by atoms with E-state index >= 15 is 0 Å². The van der Waals surface area contributed by atoms with Gasteiger partial charge in [0.2, 0.25) is 0 Å². The molecule has 0 saturated carbocycles. The van der Waals surface area contributed by atoms with Gasteiger partial charge in [-0.05, 0) is 42.3 Å². The minimum atomic E-state index is -0.384. The smallest absolute Gasteiger partial charge is 0.336 e. The molecule has 1 atom stereocenters. The van der Waals surface area contributed by atoms with Crippen molar-refractivity contribution in [1.82, 2.24) is 5.32 Å². The first-order chi connectivity index (χ1) is 13.3. The number of hydrogen-bond acceptors (Lipinski definition) is 6. The zero-order valence-corrected chi connectivity index (χ0v) is 18.1. The molecule has 3 heterocycles. The second-order valence-electron chi connectivity index (χ2n) is 8.10. The van der Waals surface area contributed by atoms with Crippen molar-refractivity contribution in [2.75, 3.05) is 7.11 Å². The Morgan fingerprint density at radius 1 is 1.21 bits per heavy atom. The molecule has 2 aliphatic rings. The van der Waals surface area contributed by atoms with Crippen LogP contribution in [0.3, 0.4) is 0 Å². The Bertz CT molecular complexity index is 1010. The van der Waals surface area contributed by atoms with Crippen LogP contribution in [-0.4, -0.2) is 18.9 Å². The fraction of sp³-hybridized carbons (Fsp3) is 0.364. The predicted molar refractivity (Wildman–Crippen MR) is 113 cm³/mol. The minimum absolute atomic E-state index is 0.0892. The molecule has 0 saturated heterocycles. The Hall–Kier alpha value is -2.18. The molecule has 0 spiro atoms. The molecular formula is C22H23NO3S2. The van der Waals surface area contributed by atoms with Crippen LogP contribution < -0.4 is 5.32 Å². The number of ketones is 1. The SMILES string of the molecule is COC(=O)C1=C(C)NC2=C(C(=O)CC(C)(C)C2)C1c1ccc(-c2cccs2)s1. The van der Waals surface area contributed by atoms with Crippen LogP contribution in [0.25, 0.3) is 9.75 Å². The van der Waals surface area contributed by atoms with E-state index in [4.69, 9.17) is 4.74 Å². The molecular weight excluding hydrogens is 390 g/mol. The molecule has 0 radical (unpaired) electrons. The van der Waals surface area contributed by atoms with Crippen LogP contribution in [0.5, 0.6) is 0 Å². The van der Waals surface area contributed by atoms with Gasteiger partial charge in [-0.1, -0.05) is 19.9 Å². The van der Waals surface area contributed by atoms with Crippen molar-refractivity contribution in [3.8, 4) is 9.75 Å². The van der Waals surface area contributed by atoms with Crippen LogP contribution in [0.2, 0.25) is 0 Å². The standard InChI is InChI=1S/C22H23NO3S2/c1-12-18(21(25)26-4)20(17-8-7-16(28-17)15-6-5-9-27-15)19-13(23-12)10-22(2,3)11-14(19)24/h5-9,20,23H,10-11H2,1-4H3. The highest BCUT2D eigenvalue weighted by Gasteiger charge is 2.43. The van der Waals surface area contributed by atoms with Crippen molar-refractivity contribution in [2.45, 2.75) is 39.5 Å². The summed E-state index contributed by atoms with van der Waals surface area (Å²) in [6, 6.07) is 8.24. The first kappa shape index (κ1) is 19.2. The van der Waals surface area contributed by atoms with Gasteiger partial charge in [-0.25, -0.2) is 4.79 Å². The molecule has 146 valence electrons.